The van der Waals surface area contributed by atoms with Gasteiger partial charge in [-0.2, -0.15) is 0 Å². The molecule has 0 aliphatic rings. The van der Waals surface area contributed by atoms with Gasteiger partial charge in [-0.3, -0.25) is 0 Å². The van der Waals surface area contributed by atoms with Crippen LogP contribution in [-0.2, 0) is 0 Å². The monoisotopic (exact) mass is 284 g/mol. The third kappa shape index (κ3) is 2.45. The van der Waals surface area contributed by atoms with Gasteiger partial charge in [0, 0.05) is 5.39 Å². The number of ether oxygens (including phenoxy) is 2. The van der Waals surface area contributed by atoms with Gasteiger partial charge in [-0.05, 0) is 29.8 Å². The SMILES string of the molecule is COc1ccc([C@@H](O)c2cc3cccc(OC)c3o2)cc1. The van der Waals surface area contributed by atoms with Crippen molar-refractivity contribution in [3.05, 3.63) is 59.9 Å². The quantitative estimate of drug-likeness (QED) is 0.796. The molecule has 1 N–H and O–H groups in total. The molecule has 4 nitrogen and oxygen atoms in total. The van der Waals surface area contributed by atoms with Crippen LogP contribution >= 0.6 is 0 Å². The number of fused-ring (bicyclic) bond motifs is 1. The van der Waals surface area contributed by atoms with Crippen molar-refractivity contribution in [1.29, 1.82) is 0 Å². The van der Waals surface area contributed by atoms with Crippen molar-refractivity contribution in [3.8, 4) is 11.5 Å². The molecule has 0 amide bonds. The Morgan fingerprint density at radius 2 is 1.76 bits per heavy atom. The van der Waals surface area contributed by atoms with Crippen molar-refractivity contribution < 1.29 is 19.0 Å². The first-order valence-corrected chi connectivity index (χ1v) is 6.61. The summed E-state index contributed by atoms with van der Waals surface area (Å²) in [6.07, 6.45) is -0.826. The van der Waals surface area contributed by atoms with Gasteiger partial charge in [-0.15, -0.1) is 0 Å². The van der Waals surface area contributed by atoms with E-state index in [1.54, 1.807) is 14.2 Å². The van der Waals surface area contributed by atoms with E-state index in [9.17, 15) is 5.11 Å². The lowest BCUT2D eigenvalue weighted by molar-refractivity contribution is 0.192. The van der Waals surface area contributed by atoms with Crippen molar-refractivity contribution in [2.24, 2.45) is 0 Å². The second-order valence-corrected chi connectivity index (χ2v) is 4.70. The Bertz CT molecular complexity index is 743. The highest BCUT2D eigenvalue weighted by Crippen LogP contribution is 2.33. The van der Waals surface area contributed by atoms with Crippen LogP contribution in [0.15, 0.2) is 52.9 Å². The minimum absolute atomic E-state index is 0.486. The van der Waals surface area contributed by atoms with Gasteiger partial charge in [0.1, 0.15) is 17.6 Å². The summed E-state index contributed by atoms with van der Waals surface area (Å²) < 4.78 is 16.1. The molecular formula is C17H16O4. The minimum Gasteiger partial charge on any atom is -0.497 e. The maximum Gasteiger partial charge on any atom is 0.176 e. The summed E-state index contributed by atoms with van der Waals surface area (Å²) in [5.74, 6) is 1.89. The fraction of sp³-hybridized carbons (Fsp3) is 0.176. The fourth-order valence-corrected chi connectivity index (χ4v) is 2.30. The van der Waals surface area contributed by atoms with Crippen LogP contribution in [0.3, 0.4) is 0 Å². The maximum atomic E-state index is 10.4. The molecule has 0 bridgehead atoms. The van der Waals surface area contributed by atoms with Gasteiger partial charge in [-0.25, -0.2) is 0 Å². The predicted molar refractivity (Wildman–Crippen MR) is 79.8 cm³/mol. The molecule has 108 valence electrons. The van der Waals surface area contributed by atoms with Gasteiger partial charge >= 0.3 is 0 Å². The van der Waals surface area contributed by atoms with E-state index in [-0.39, 0.29) is 0 Å². The van der Waals surface area contributed by atoms with Crippen molar-refractivity contribution in [3.63, 3.8) is 0 Å². The standard InChI is InChI=1S/C17H16O4/c1-19-13-8-6-11(7-9-13)16(18)15-10-12-4-3-5-14(20-2)17(12)21-15/h3-10,16,18H,1-2H3/t16-/m1/s1. The van der Waals surface area contributed by atoms with Crippen LogP contribution in [0.1, 0.15) is 17.4 Å². The molecule has 3 rings (SSSR count). The molecule has 1 aromatic heterocycles. The highest BCUT2D eigenvalue weighted by molar-refractivity contribution is 5.83. The van der Waals surface area contributed by atoms with E-state index in [1.165, 1.54) is 0 Å². The maximum absolute atomic E-state index is 10.4. The number of methoxy groups -OCH3 is 2. The van der Waals surface area contributed by atoms with E-state index in [2.05, 4.69) is 0 Å². The zero-order valence-electron chi connectivity index (χ0n) is 11.9. The first-order valence-electron chi connectivity index (χ1n) is 6.61. The van der Waals surface area contributed by atoms with E-state index in [1.807, 2.05) is 48.5 Å². The summed E-state index contributed by atoms with van der Waals surface area (Å²) in [5.41, 5.74) is 1.39. The van der Waals surface area contributed by atoms with E-state index in [0.29, 0.717) is 17.1 Å². The third-order valence-electron chi connectivity index (χ3n) is 3.45. The Balaban J connectivity index is 1.98. The molecular weight excluding hydrogens is 268 g/mol. The summed E-state index contributed by atoms with van der Waals surface area (Å²) in [4.78, 5) is 0. The number of rotatable bonds is 4. The van der Waals surface area contributed by atoms with Gasteiger partial charge in [0.15, 0.2) is 11.3 Å². The van der Waals surface area contributed by atoms with E-state index in [0.717, 1.165) is 16.7 Å². The van der Waals surface area contributed by atoms with Crippen LogP contribution in [0.4, 0.5) is 0 Å². The summed E-state index contributed by atoms with van der Waals surface area (Å²) in [6, 6.07) is 14.7. The Morgan fingerprint density at radius 1 is 1.00 bits per heavy atom. The summed E-state index contributed by atoms with van der Waals surface area (Å²) in [5, 5.41) is 11.3. The zero-order valence-corrected chi connectivity index (χ0v) is 11.9. The van der Waals surface area contributed by atoms with Gasteiger partial charge < -0.3 is 19.0 Å². The van der Waals surface area contributed by atoms with Crippen molar-refractivity contribution in [1.82, 2.24) is 0 Å². The predicted octanol–water partition coefficient (Wildman–Crippen LogP) is 3.53. The second-order valence-electron chi connectivity index (χ2n) is 4.70. The van der Waals surface area contributed by atoms with E-state index in [4.69, 9.17) is 13.9 Å². The van der Waals surface area contributed by atoms with Crippen molar-refractivity contribution >= 4 is 11.0 Å². The number of benzene rings is 2. The smallest absolute Gasteiger partial charge is 0.176 e. The molecule has 0 aliphatic heterocycles. The summed E-state index contributed by atoms with van der Waals surface area (Å²) in [7, 11) is 3.20. The first kappa shape index (κ1) is 13.5. The molecule has 0 saturated carbocycles. The van der Waals surface area contributed by atoms with Gasteiger partial charge in [0.05, 0.1) is 14.2 Å². The Kier molecular flexibility index (Phi) is 3.54. The first-order chi connectivity index (χ1) is 10.2. The van der Waals surface area contributed by atoms with Crippen LogP contribution in [-0.4, -0.2) is 19.3 Å². The highest BCUT2D eigenvalue weighted by Gasteiger charge is 2.17. The van der Waals surface area contributed by atoms with Crippen LogP contribution in [0.25, 0.3) is 11.0 Å². The molecule has 3 aromatic rings. The minimum atomic E-state index is -0.826. The average Bonchev–Trinajstić information content (AvgIpc) is 2.98. The molecule has 1 heterocycles. The fourth-order valence-electron chi connectivity index (χ4n) is 2.30. The van der Waals surface area contributed by atoms with Crippen LogP contribution in [0.5, 0.6) is 11.5 Å². The van der Waals surface area contributed by atoms with Gasteiger partial charge in [0.2, 0.25) is 0 Å². The number of para-hydroxylation sites is 1. The van der Waals surface area contributed by atoms with Crippen LogP contribution in [0, 0.1) is 0 Å². The van der Waals surface area contributed by atoms with Crippen LogP contribution in [0.2, 0.25) is 0 Å². The highest BCUT2D eigenvalue weighted by atomic mass is 16.5. The Hall–Kier alpha value is -2.46. The van der Waals surface area contributed by atoms with Gasteiger partial charge in [-0.1, -0.05) is 24.3 Å². The molecule has 0 spiro atoms. The number of hydrogen-bond donors (Lipinski definition) is 1. The lowest BCUT2D eigenvalue weighted by Gasteiger charge is -2.08. The van der Waals surface area contributed by atoms with Gasteiger partial charge in [0.25, 0.3) is 0 Å². The number of furan rings is 1. The van der Waals surface area contributed by atoms with E-state index >= 15 is 0 Å². The molecule has 2 aromatic carbocycles. The average molecular weight is 284 g/mol. The summed E-state index contributed by atoms with van der Waals surface area (Å²) >= 11 is 0. The number of hydrogen-bond acceptors (Lipinski definition) is 4. The lowest BCUT2D eigenvalue weighted by Crippen LogP contribution is -1.97. The topological polar surface area (TPSA) is 51.8 Å². The Labute approximate surface area is 122 Å². The number of aliphatic hydroxyl groups excluding tert-OH is 1. The Morgan fingerprint density at radius 3 is 2.43 bits per heavy atom. The zero-order chi connectivity index (χ0) is 14.8. The normalized spacial score (nSPS) is 12.3. The molecule has 4 heteroatoms. The second kappa shape index (κ2) is 5.50. The molecule has 0 aliphatic carbocycles. The number of aliphatic hydroxyl groups is 1. The third-order valence-corrected chi connectivity index (χ3v) is 3.45. The van der Waals surface area contributed by atoms with Crippen LogP contribution < -0.4 is 9.47 Å². The molecule has 1 atom stereocenters. The molecule has 21 heavy (non-hydrogen) atoms. The molecule has 0 unspecified atom stereocenters. The van der Waals surface area contributed by atoms with Crippen molar-refractivity contribution in [2.75, 3.05) is 14.2 Å². The lowest BCUT2D eigenvalue weighted by atomic mass is 10.1. The molecule has 0 saturated heterocycles. The largest absolute Gasteiger partial charge is 0.497 e. The summed E-state index contributed by atoms with van der Waals surface area (Å²) in [6.45, 7) is 0. The molecule has 0 fully saturated rings. The molecule has 0 radical (unpaired) electrons. The van der Waals surface area contributed by atoms with E-state index < -0.39 is 6.10 Å². The van der Waals surface area contributed by atoms with Crippen molar-refractivity contribution in [2.45, 2.75) is 6.10 Å².